The van der Waals surface area contributed by atoms with Gasteiger partial charge in [0, 0.05) is 11.8 Å². The second kappa shape index (κ2) is 9.43. The number of anilines is 1. The summed E-state index contributed by atoms with van der Waals surface area (Å²) in [5, 5.41) is 7.49. The van der Waals surface area contributed by atoms with Crippen LogP contribution in [-0.2, 0) is 4.79 Å². The molecule has 0 aliphatic rings. The van der Waals surface area contributed by atoms with Crippen molar-refractivity contribution in [3.8, 4) is 11.4 Å². The maximum absolute atomic E-state index is 12.5. The van der Waals surface area contributed by atoms with Crippen molar-refractivity contribution in [2.75, 3.05) is 11.9 Å². The minimum absolute atomic E-state index is 0.144. The quantitative estimate of drug-likeness (QED) is 0.596. The summed E-state index contributed by atoms with van der Waals surface area (Å²) in [4.78, 5) is 24.7. The molecule has 0 spiro atoms. The summed E-state index contributed by atoms with van der Waals surface area (Å²) in [5.41, 5.74) is 2.27. The van der Waals surface area contributed by atoms with Crippen LogP contribution in [0.25, 0.3) is 5.69 Å². The van der Waals surface area contributed by atoms with Crippen LogP contribution in [-0.4, -0.2) is 27.5 Å². The van der Waals surface area contributed by atoms with Crippen molar-refractivity contribution in [1.82, 2.24) is 9.78 Å². The van der Waals surface area contributed by atoms with Gasteiger partial charge in [-0.1, -0.05) is 29.5 Å². The number of thioether (sulfide) groups is 1. The van der Waals surface area contributed by atoms with Crippen LogP contribution in [0.4, 0.5) is 5.69 Å². The van der Waals surface area contributed by atoms with Gasteiger partial charge < -0.3 is 10.1 Å². The lowest BCUT2D eigenvalue weighted by Crippen LogP contribution is -2.24. The number of hydrogen-bond donors (Lipinski definition) is 1. The third-order valence-corrected chi connectivity index (χ3v) is 5.18. The summed E-state index contributed by atoms with van der Waals surface area (Å²) in [7, 11) is 0. The van der Waals surface area contributed by atoms with E-state index in [2.05, 4.69) is 10.4 Å². The highest BCUT2D eigenvalue weighted by atomic mass is 32.2. The average molecular weight is 410 g/mol. The van der Waals surface area contributed by atoms with Gasteiger partial charge in [0.1, 0.15) is 10.8 Å². The molecule has 7 heteroatoms. The SMILES string of the molecule is CCOc1ccc(NC(=O)C(C)Sc2ccc(=O)n(-c3ccc(C)cc3)n2)cc1. The number of carbonyl (C=O) groups excluding carboxylic acids is 1. The molecule has 0 saturated heterocycles. The van der Waals surface area contributed by atoms with E-state index in [-0.39, 0.29) is 11.5 Å². The largest absolute Gasteiger partial charge is 0.494 e. The second-order valence-corrected chi connectivity index (χ2v) is 7.82. The molecule has 0 fully saturated rings. The predicted octanol–water partition coefficient (Wildman–Crippen LogP) is 4.06. The molecule has 0 aliphatic heterocycles. The summed E-state index contributed by atoms with van der Waals surface area (Å²) in [6.07, 6.45) is 0. The Morgan fingerprint density at radius 1 is 1.10 bits per heavy atom. The summed E-state index contributed by atoms with van der Waals surface area (Å²) in [5.74, 6) is 0.615. The Morgan fingerprint density at radius 2 is 1.79 bits per heavy atom. The zero-order chi connectivity index (χ0) is 20.8. The summed E-state index contributed by atoms with van der Waals surface area (Å²) in [6, 6.07) is 17.9. The number of aryl methyl sites for hydroxylation is 1. The molecular formula is C22H23N3O3S. The number of aromatic nitrogens is 2. The number of nitrogens with one attached hydrogen (secondary N) is 1. The fourth-order valence-electron chi connectivity index (χ4n) is 2.61. The first-order valence-corrected chi connectivity index (χ1v) is 10.2. The molecule has 1 amide bonds. The van der Waals surface area contributed by atoms with E-state index in [1.54, 1.807) is 25.1 Å². The number of carbonyl (C=O) groups is 1. The minimum Gasteiger partial charge on any atom is -0.494 e. The molecule has 0 saturated carbocycles. The smallest absolute Gasteiger partial charge is 0.271 e. The van der Waals surface area contributed by atoms with Crippen molar-refractivity contribution >= 4 is 23.4 Å². The van der Waals surface area contributed by atoms with Crippen LogP contribution in [0.1, 0.15) is 19.4 Å². The zero-order valence-corrected chi connectivity index (χ0v) is 17.4. The molecule has 0 bridgehead atoms. The molecule has 3 rings (SSSR count). The van der Waals surface area contributed by atoms with Gasteiger partial charge in [-0.3, -0.25) is 9.59 Å². The minimum atomic E-state index is -0.391. The monoisotopic (exact) mass is 409 g/mol. The topological polar surface area (TPSA) is 73.2 Å². The van der Waals surface area contributed by atoms with Crippen LogP contribution in [0.15, 0.2) is 70.5 Å². The number of hydrogen-bond acceptors (Lipinski definition) is 5. The van der Waals surface area contributed by atoms with E-state index in [0.717, 1.165) is 11.3 Å². The Morgan fingerprint density at radius 3 is 2.45 bits per heavy atom. The maximum Gasteiger partial charge on any atom is 0.271 e. The highest BCUT2D eigenvalue weighted by molar-refractivity contribution is 8.00. The lowest BCUT2D eigenvalue weighted by Gasteiger charge is -2.13. The summed E-state index contributed by atoms with van der Waals surface area (Å²) in [6.45, 7) is 6.30. The lowest BCUT2D eigenvalue weighted by atomic mass is 10.2. The number of nitrogens with zero attached hydrogens (tertiary/aromatic N) is 2. The normalized spacial score (nSPS) is 11.7. The van der Waals surface area contributed by atoms with E-state index in [9.17, 15) is 9.59 Å². The second-order valence-electron chi connectivity index (χ2n) is 6.46. The van der Waals surface area contributed by atoms with Gasteiger partial charge in [0.05, 0.1) is 17.5 Å². The van der Waals surface area contributed by atoms with Gasteiger partial charge in [0.25, 0.3) is 5.56 Å². The Labute approximate surface area is 173 Å². The number of rotatable bonds is 7. The Balaban J connectivity index is 1.68. The Hall–Kier alpha value is -3.06. The summed E-state index contributed by atoms with van der Waals surface area (Å²) < 4.78 is 6.75. The van der Waals surface area contributed by atoms with Crippen LogP contribution in [0.2, 0.25) is 0 Å². The molecule has 1 N–H and O–H groups in total. The molecular weight excluding hydrogens is 386 g/mol. The van der Waals surface area contributed by atoms with Gasteiger partial charge in [0.2, 0.25) is 5.91 Å². The fourth-order valence-corrected chi connectivity index (χ4v) is 3.41. The number of benzene rings is 2. The molecule has 6 nitrogen and oxygen atoms in total. The first kappa shape index (κ1) is 20.7. The molecule has 150 valence electrons. The van der Waals surface area contributed by atoms with Gasteiger partial charge in [-0.2, -0.15) is 9.78 Å². The van der Waals surface area contributed by atoms with Gasteiger partial charge in [-0.05, 0) is 63.2 Å². The highest BCUT2D eigenvalue weighted by Gasteiger charge is 2.16. The molecule has 1 atom stereocenters. The van der Waals surface area contributed by atoms with Crippen molar-refractivity contribution in [3.05, 3.63) is 76.6 Å². The van der Waals surface area contributed by atoms with Crippen LogP contribution >= 0.6 is 11.8 Å². The van der Waals surface area contributed by atoms with E-state index in [0.29, 0.717) is 23.0 Å². The van der Waals surface area contributed by atoms with Crippen LogP contribution < -0.4 is 15.6 Å². The first-order valence-electron chi connectivity index (χ1n) is 9.34. The van der Waals surface area contributed by atoms with Gasteiger partial charge in [-0.15, -0.1) is 0 Å². The van der Waals surface area contributed by atoms with Crippen molar-refractivity contribution in [2.45, 2.75) is 31.0 Å². The van der Waals surface area contributed by atoms with Crippen molar-refractivity contribution in [2.24, 2.45) is 0 Å². The molecule has 3 aromatic rings. The fraction of sp³-hybridized carbons (Fsp3) is 0.227. The van der Waals surface area contributed by atoms with Gasteiger partial charge >= 0.3 is 0 Å². The van der Waals surface area contributed by atoms with Gasteiger partial charge in [-0.25, -0.2) is 0 Å². The maximum atomic E-state index is 12.5. The lowest BCUT2D eigenvalue weighted by molar-refractivity contribution is -0.115. The van der Waals surface area contributed by atoms with Crippen molar-refractivity contribution < 1.29 is 9.53 Å². The van der Waals surface area contributed by atoms with E-state index in [1.165, 1.54) is 22.5 Å². The Kier molecular flexibility index (Phi) is 6.72. The molecule has 2 aromatic carbocycles. The standard InChI is InChI=1S/C22H23N3O3S/c1-4-28-19-11-7-17(8-12-19)23-22(27)16(3)29-20-13-14-21(26)25(24-20)18-9-5-15(2)6-10-18/h5-14,16H,4H2,1-3H3,(H,23,27). The molecule has 1 aromatic heterocycles. The average Bonchev–Trinajstić information content (AvgIpc) is 2.72. The van der Waals surface area contributed by atoms with E-state index in [1.807, 2.05) is 50.2 Å². The van der Waals surface area contributed by atoms with Crippen LogP contribution in [0, 0.1) is 6.92 Å². The van der Waals surface area contributed by atoms with Crippen molar-refractivity contribution in [3.63, 3.8) is 0 Å². The van der Waals surface area contributed by atoms with E-state index >= 15 is 0 Å². The summed E-state index contributed by atoms with van der Waals surface area (Å²) >= 11 is 1.30. The van der Waals surface area contributed by atoms with Gasteiger partial charge in [0.15, 0.2) is 0 Å². The van der Waals surface area contributed by atoms with E-state index in [4.69, 9.17) is 4.74 Å². The van der Waals surface area contributed by atoms with E-state index < -0.39 is 5.25 Å². The Bertz CT molecular complexity index is 1030. The number of ether oxygens (including phenoxy) is 1. The molecule has 29 heavy (non-hydrogen) atoms. The first-order chi connectivity index (χ1) is 14.0. The van der Waals surface area contributed by atoms with Crippen LogP contribution in [0.5, 0.6) is 5.75 Å². The third kappa shape index (κ3) is 5.48. The molecule has 0 radical (unpaired) electrons. The molecule has 1 unspecified atom stereocenters. The third-order valence-electron chi connectivity index (χ3n) is 4.15. The highest BCUT2D eigenvalue weighted by Crippen LogP contribution is 2.23. The molecule has 1 heterocycles. The van der Waals surface area contributed by atoms with Crippen LogP contribution in [0.3, 0.4) is 0 Å². The number of amides is 1. The predicted molar refractivity (Wildman–Crippen MR) is 116 cm³/mol. The molecule has 0 aliphatic carbocycles. The zero-order valence-electron chi connectivity index (χ0n) is 16.6. The van der Waals surface area contributed by atoms with Crippen molar-refractivity contribution in [1.29, 1.82) is 0 Å².